The van der Waals surface area contributed by atoms with E-state index in [4.69, 9.17) is 4.74 Å². The molecule has 0 radical (unpaired) electrons. The molecule has 0 bridgehead atoms. The van der Waals surface area contributed by atoms with E-state index >= 15 is 0 Å². The number of pyridine rings is 1. The highest BCUT2D eigenvalue weighted by Gasteiger charge is 2.11. The molecule has 3 nitrogen and oxygen atoms in total. The number of ether oxygens (including phenoxy) is 1. The third kappa shape index (κ3) is 1.74. The Morgan fingerprint density at radius 3 is 2.88 bits per heavy atom. The lowest BCUT2D eigenvalue weighted by molar-refractivity contribution is 0.122. The molecular weight excluding hydrogens is 200 g/mol. The summed E-state index contributed by atoms with van der Waals surface area (Å²) in [6.07, 6.45) is 1.84. The van der Waals surface area contributed by atoms with E-state index in [1.54, 1.807) is 0 Å². The van der Waals surface area contributed by atoms with Crippen LogP contribution < -0.4 is 4.90 Å². The van der Waals surface area contributed by atoms with Crippen LogP contribution in [0.4, 0.5) is 5.69 Å². The van der Waals surface area contributed by atoms with Crippen molar-refractivity contribution in [1.29, 1.82) is 0 Å². The number of morpholine rings is 1. The smallest absolute Gasteiger partial charge is 0.0722 e. The fourth-order valence-electron chi connectivity index (χ4n) is 2.07. The topological polar surface area (TPSA) is 25.4 Å². The van der Waals surface area contributed by atoms with Crippen LogP contribution in [0.25, 0.3) is 10.9 Å². The quantitative estimate of drug-likeness (QED) is 0.726. The van der Waals surface area contributed by atoms with Crippen molar-refractivity contribution >= 4 is 16.6 Å². The van der Waals surface area contributed by atoms with E-state index in [9.17, 15) is 0 Å². The minimum absolute atomic E-state index is 0.820. The Hall–Kier alpha value is -1.61. The number of hydrogen-bond donors (Lipinski definition) is 0. The molecule has 3 rings (SSSR count). The zero-order valence-corrected chi connectivity index (χ0v) is 9.10. The largest absolute Gasteiger partial charge is 0.378 e. The summed E-state index contributed by atoms with van der Waals surface area (Å²) in [4.78, 5) is 6.72. The SMILES string of the molecule is c1cnc2cc(N3CCOCC3)ccc2c1. The maximum absolute atomic E-state index is 5.35. The van der Waals surface area contributed by atoms with Crippen molar-refractivity contribution in [3.05, 3.63) is 36.5 Å². The first-order chi connectivity index (χ1) is 7.93. The highest BCUT2D eigenvalue weighted by atomic mass is 16.5. The molecule has 1 saturated heterocycles. The van der Waals surface area contributed by atoms with Gasteiger partial charge in [-0.15, -0.1) is 0 Å². The molecular formula is C13H14N2O. The molecule has 3 heteroatoms. The zero-order valence-electron chi connectivity index (χ0n) is 9.10. The second kappa shape index (κ2) is 4.10. The van der Waals surface area contributed by atoms with Crippen molar-refractivity contribution in [1.82, 2.24) is 4.98 Å². The monoisotopic (exact) mass is 214 g/mol. The number of aromatic nitrogens is 1. The summed E-state index contributed by atoms with van der Waals surface area (Å²) in [5.74, 6) is 0. The fourth-order valence-corrected chi connectivity index (χ4v) is 2.07. The number of rotatable bonds is 1. The standard InChI is InChI=1S/C13H14N2O/c1-2-11-3-4-12(10-13(11)14-5-1)15-6-8-16-9-7-15/h1-5,10H,6-9H2. The van der Waals surface area contributed by atoms with Crippen LogP contribution in [0.15, 0.2) is 36.5 Å². The number of fused-ring (bicyclic) bond motifs is 1. The van der Waals surface area contributed by atoms with E-state index in [1.165, 1.54) is 11.1 Å². The Morgan fingerprint density at radius 1 is 1.12 bits per heavy atom. The molecule has 1 aromatic heterocycles. The van der Waals surface area contributed by atoms with Crippen LogP contribution in [-0.2, 0) is 4.74 Å². The lowest BCUT2D eigenvalue weighted by Gasteiger charge is -2.28. The van der Waals surface area contributed by atoms with Gasteiger partial charge < -0.3 is 9.64 Å². The summed E-state index contributed by atoms with van der Waals surface area (Å²) < 4.78 is 5.35. The van der Waals surface area contributed by atoms with Crippen LogP contribution in [0.1, 0.15) is 0 Å². The van der Waals surface area contributed by atoms with Gasteiger partial charge in [-0.3, -0.25) is 4.98 Å². The van der Waals surface area contributed by atoms with E-state index in [0.29, 0.717) is 0 Å². The van der Waals surface area contributed by atoms with Crippen LogP contribution in [0, 0.1) is 0 Å². The normalized spacial score (nSPS) is 16.6. The number of hydrogen-bond acceptors (Lipinski definition) is 3. The second-order valence-corrected chi connectivity index (χ2v) is 3.98. The van der Waals surface area contributed by atoms with Gasteiger partial charge in [0.25, 0.3) is 0 Å². The number of nitrogens with zero attached hydrogens (tertiary/aromatic N) is 2. The molecule has 16 heavy (non-hydrogen) atoms. The summed E-state index contributed by atoms with van der Waals surface area (Å²) in [6, 6.07) is 10.5. The first-order valence-corrected chi connectivity index (χ1v) is 5.61. The summed E-state index contributed by atoms with van der Waals surface area (Å²) in [7, 11) is 0. The molecule has 0 saturated carbocycles. The van der Waals surface area contributed by atoms with Crippen molar-refractivity contribution in [3.8, 4) is 0 Å². The molecule has 82 valence electrons. The average Bonchev–Trinajstić information content (AvgIpc) is 2.39. The van der Waals surface area contributed by atoms with Gasteiger partial charge in [-0.05, 0) is 18.2 Å². The third-order valence-electron chi connectivity index (χ3n) is 2.97. The molecule has 1 aromatic carbocycles. The van der Waals surface area contributed by atoms with Crippen LogP contribution >= 0.6 is 0 Å². The number of anilines is 1. The van der Waals surface area contributed by atoms with E-state index in [0.717, 1.165) is 31.8 Å². The van der Waals surface area contributed by atoms with Gasteiger partial charge in [0.2, 0.25) is 0 Å². The molecule has 0 N–H and O–H groups in total. The second-order valence-electron chi connectivity index (χ2n) is 3.98. The maximum atomic E-state index is 5.35. The van der Waals surface area contributed by atoms with Gasteiger partial charge in [-0.25, -0.2) is 0 Å². The minimum atomic E-state index is 0.820. The maximum Gasteiger partial charge on any atom is 0.0722 e. The Bertz CT molecular complexity index is 492. The van der Waals surface area contributed by atoms with E-state index in [-0.39, 0.29) is 0 Å². The predicted octanol–water partition coefficient (Wildman–Crippen LogP) is 2.07. The first kappa shape index (κ1) is 9.60. The van der Waals surface area contributed by atoms with Gasteiger partial charge in [0.05, 0.1) is 18.7 Å². The highest BCUT2D eigenvalue weighted by Crippen LogP contribution is 2.21. The van der Waals surface area contributed by atoms with Crippen molar-refractivity contribution < 1.29 is 4.74 Å². The van der Waals surface area contributed by atoms with Gasteiger partial charge in [-0.1, -0.05) is 12.1 Å². The van der Waals surface area contributed by atoms with Gasteiger partial charge >= 0.3 is 0 Å². The predicted molar refractivity (Wildman–Crippen MR) is 64.8 cm³/mol. The van der Waals surface area contributed by atoms with Gasteiger partial charge in [-0.2, -0.15) is 0 Å². The first-order valence-electron chi connectivity index (χ1n) is 5.61. The van der Waals surface area contributed by atoms with Crippen LogP contribution in [0.2, 0.25) is 0 Å². The molecule has 1 aliphatic heterocycles. The van der Waals surface area contributed by atoms with Crippen LogP contribution in [0.3, 0.4) is 0 Å². The van der Waals surface area contributed by atoms with Crippen molar-refractivity contribution in [3.63, 3.8) is 0 Å². The minimum Gasteiger partial charge on any atom is -0.378 e. The summed E-state index contributed by atoms with van der Waals surface area (Å²) in [6.45, 7) is 3.58. The molecule has 0 amide bonds. The van der Waals surface area contributed by atoms with E-state index in [2.05, 4.69) is 34.1 Å². The van der Waals surface area contributed by atoms with Gasteiger partial charge in [0, 0.05) is 30.4 Å². The van der Waals surface area contributed by atoms with Crippen molar-refractivity contribution in [2.75, 3.05) is 31.2 Å². The molecule has 1 aliphatic rings. The lowest BCUT2D eigenvalue weighted by Crippen LogP contribution is -2.36. The molecule has 0 spiro atoms. The molecule has 0 atom stereocenters. The Morgan fingerprint density at radius 2 is 2.00 bits per heavy atom. The lowest BCUT2D eigenvalue weighted by atomic mass is 10.2. The Balaban J connectivity index is 1.97. The van der Waals surface area contributed by atoms with Gasteiger partial charge in [0.1, 0.15) is 0 Å². The summed E-state index contributed by atoms with van der Waals surface area (Å²) >= 11 is 0. The van der Waals surface area contributed by atoms with Crippen LogP contribution in [0.5, 0.6) is 0 Å². The highest BCUT2D eigenvalue weighted by molar-refractivity contribution is 5.82. The molecule has 0 unspecified atom stereocenters. The average molecular weight is 214 g/mol. The Kier molecular flexibility index (Phi) is 2.46. The summed E-state index contributed by atoms with van der Waals surface area (Å²) in [5.41, 5.74) is 2.31. The Labute approximate surface area is 94.7 Å². The van der Waals surface area contributed by atoms with Gasteiger partial charge in [0.15, 0.2) is 0 Å². The van der Waals surface area contributed by atoms with Crippen molar-refractivity contribution in [2.24, 2.45) is 0 Å². The molecule has 2 heterocycles. The zero-order chi connectivity index (χ0) is 10.8. The number of benzene rings is 1. The summed E-state index contributed by atoms with van der Waals surface area (Å²) in [5, 5.41) is 1.19. The molecule has 2 aromatic rings. The van der Waals surface area contributed by atoms with E-state index < -0.39 is 0 Å². The fraction of sp³-hybridized carbons (Fsp3) is 0.308. The van der Waals surface area contributed by atoms with Crippen LogP contribution in [-0.4, -0.2) is 31.3 Å². The third-order valence-corrected chi connectivity index (χ3v) is 2.97. The van der Waals surface area contributed by atoms with Crippen molar-refractivity contribution in [2.45, 2.75) is 0 Å². The van der Waals surface area contributed by atoms with E-state index in [1.807, 2.05) is 12.3 Å². The molecule has 1 fully saturated rings. The molecule has 0 aliphatic carbocycles.